The summed E-state index contributed by atoms with van der Waals surface area (Å²) < 4.78 is 40.7. The van der Waals surface area contributed by atoms with Crippen LogP contribution in [0.1, 0.15) is 40.5 Å². The van der Waals surface area contributed by atoms with E-state index in [4.69, 9.17) is 0 Å². The van der Waals surface area contributed by atoms with Crippen LogP contribution in [0.15, 0.2) is 54.7 Å². The minimum atomic E-state index is -4.40. The molecule has 3 heterocycles. The lowest BCUT2D eigenvalue weighted by Gasteiger charge is -2.32. The predicted octanol–water partition coefficient (Wildman–Crippen LogP) is 4.52. The molecule has 3 aromatic rings. The second-order valence-electron chi connectivity index (χ2n) is 7.49. The molecule has 1 fully saturated rings. The Bertz CT molecular complexity index is 1060. The van der Waals surface area contributed by atoms with E-state index in [2.05, 4.69) is 10.1 Å². The van der Waals surface area contributed by atoms with Gasteiger partial charge in [-0.3, -0.25) is 14.5 Å². The first-order chi connectivity index (χ1) is 14.3. The molecule has 2 aromatic heterocycles. The minimum absolute atomic E-state index is 0.0251. The van der Waals surface area contributed by atoms with E-state index >= 15 is 0 Å². The highest BCUT2D eigenvalue weighted by Crippen LogP contribution is 2.33. The van der Waals surface area contributed by atoms with Crippen molar-refractivity contribution in [1.29, 1.82) is 0 Å². The van der Waals surface area contributed by atoms with Gasteiger partial charge < -0.3 is 4.90 Å². The lowest BCUT2D eigenvalue weighted by atomic mass is 9.93. The number of rotatable bonds is 3. The average molecular weight is 414 g/mol. The van der Waals surface area contributed by atoms with Crippen molar-refractivity contribution in [2.45, 2.75) is 24.9 Å². The van der Waals surface area contributed by atoms with E-state index in [1.807, 2.05) is 6.07 Å². The fourth-order valence-corrected chi connectivity index (χ4v) is 3.79. The minimum Gasteiger partial charge on any atom is -0.337 e. The molecule has 1 aliphatic rings. The molecule has 0 saturated carbocycles. The molecule has 0 N–H and O–H groups in total. The number of benzene rings is 1. The number of amides is 1. The van der Waals surface area contributed by atoms with Crippen LogP contribution in [-0.4, -0.2) is 38.7 Å². The van der Waals surface area contributed by atoms with Gasteiger partial charge in [0.2, 0.25) is 0 Å². The fourth-order valence-electron chi connectivity index (χ4n) is 3.79. The third-order valence-electron chi connectivity index (χ3n) is 5.32. The molecule has 0 radical (unpaired) electrons. The van der Waals surface area contributed by atoms with Crippen molar-refractivity contribution in [1.82, 2.24) is 19.7 Å². The van der Waals surface area contributed by atoms with E-state index in [0.717, 1.165) is 30.7 Å². The summed E-state index contributed by atoms with van der Waals surface area (Å²) >= 11 is 0. The average Bonchev–Trinajstić information content (AvgIpc) is 3.19. The summed E-state index contributed by atoms with van der Waals surface area (Å²) in [5.41, 5.74) is 1.40. The Balaban J connectivity index is 1.56. The molecule has 8 heteroatoms. The Labute approximate surface area is 172 Å². The van der Waals surface area contributed by atoms with Gasteiger partial charge in [0, 0.05) is 43.5 Å². The van der Waals surface area contributed by atoms with Gasteiger partial charge in [-0.2, -0.15) is 18.3 Å². The molecular weight excluding hydrogens is 393 g/mol. The number of halogens is 3. The van der Waals surface area contributed by atoms with E-state index in [-0.39, 0.29) is 11.8 Å². The van der Waals surface area contributed by atoms with Gasteiger partial charge in [-0.25, -0.2) is 0 Å². The maximum Gasteiger partial charge on any atom is 0.416 e. The van der Waals surface area contributed by atoms with Crippen LogP contribution in [0.25, 0.3) is 11.3 Å². The van der Waals surface area contributed by atoms with Crippen molar-refractivity contribution in [3.63, 3.8) is 0 Å². The number of carbonyl (C=O) groups is 1. The molecule has 5 nitrogen and oxygen atoms in total. The highest BCUT2D eigenvalue weighted by molar-refractivity contribution is 5.92. The van der Waals surface area contributed by atoms with Crippen LogP contribution in [0.2, 0.25) is 0 Å². The smallest absolute Gasteiger partial charge is 0.337 e. The quantitative estimate of drug-likeness (QED) is 0.633. The highest BCUT2D eigenvalue weighted by atomic mass is 19.4. The first kappa shape index (κ1) is 20.1. The maximum atomic E-state index is 13.0. The van der Waals surface area contributed by atoms with Crippen molar-refractivity contribution < 1.29 is 18.0 Å². The Morgan fingerprint density at radius 3 is 2.67 bits per heavy atom. The van der Waals surface area contributed by atoms with Crippen LogP contribution in [0.4, 0.5) is 13.2 Å². The molecule has 1 amide bonds. The largest absolute Gasteiger partial charge is 0.416 e. The van der Waals surface area contributed by atoms with E-state index in [1.165, 1.54) is 6.07 Å². The Kier molecular flexibility index (Phi) is 5.32. The molecule has 1 unspecified atom stereocenters. The number of nitrogens with zero attached hydrogens (tertiary/aromatic N) is 4. The first-order valence-electron chi connectivity index (χ1n) is 9.75. The lowest BCUT2D eigenvalue weighted by molar-refractivity contribution is -0.137. The summed E-state index contributed by atoms with van der Waals surface area (Å²) in [5, 5.41) is 4.18. The second kappa shape index (κ2) is 7.93. The molecule has 1 atom stereocenters. The topological polar surface area (TPSA) is 51.0 Å². The van der Waals surface area contributed by atoms with Crippen molar-refractivity contribution in [3.8, 4) is 11.3 Å². The van der Waals surface area contributed by atoms with Crippen molar-refractivity contribution in [2.75, 3.05) is 13.1 Å². The van der Waals surface area contributed by atoms with Crippen molar-refractivity contribution in [2.24, 2.45) is 7.05 Å². The van der Waals surface area contributed by atoms with Crippen molar-refractivity contribution in [3.05, 3.63) is 71.7 Å². The zero-order chi connectivity index (χ0) is 21.3. The first-order valence-corrected chi connectivity index (χ1v) is 9.75. The third-order valence-corrected chi connectivity index (χ3v) is 5.32. The van der Waals surface area contributed by atoms with Gasteiger partial charge in [-0.15, -0.1) is 0 Å². The molecule has 30 heavy (non-hydrogen) atoms. The summed E-state index contributed by atoms with van der Waals surface area (Å²) in [6.07, 6.45) is -0.970. The number of aryl methyl sites for hydroxylation is 1. The Morgan fingerprint density at radius 2 is 1.93 bits per heavy atom. The van der Waals surface area contributed by atoms with Crippen LogP contribution in [0, 0.1) is 0 Å². The highest BCUT2D eigenvalue weighted by Gasteiger charge is 2.31. The predicted molar refractivity (Wildman–Crippen MR) is 106 cm³/mol. The SMILES string of the molecule is Cn1ccc(C(=O)N2CCCC(c3cccc(-c4cccc(C(F)(F)F)c4)n3)C2)n1. The number of hydrogen-bond donors (Lipinski definition) is 0. The van der Waals surface area contributed by atoms with E-state index in [1.54, 1.807) is 47.1 Å². The summed E-state index contributed by atoms with van der Waals surface area (Å²) in [7, 11) is 1.76. The molecule has 1 saturated heterocycles. The molecule has 4 rings (SSSR count). The van der Waals surface area contributed by atoms with Crippen molar-refractivity contribution >= 4 is 5.91 Å². The molecule has 156 valence electrons. The van der Waals surface area contributed by atoms with Crippen LogP contribution in [0.3, 0.4) is 0 Å². The number of hydrogen-bond acceptors (Lipinski definition) is 3. The zero-order valence-electron chi connectivity index (χ0n) is 16.4. The Morgan fingerprint density at radius 1 is 1.13 bits per heavy atom. The summed E-state index contributed by atoms with van der Waals surface area (Å²) in [6, 6.07) is 12.3. The molecule has 0 aliphatic carbocycles. The van der Waals surface area contributed by atoms with E-state index < -0.39 is 11.7 Å². The molecule has 0 bridgehead atoms. The molecule has 0 spiro atoms. The van der Waals surface area contributed by atoms with Gasteiger partial charge in [0.15, 0.2) is 0 Å². The maximum absolute atomic E-state index is 13.0. The van der Waals surface area contributed by atoms with Crippen LogP contribution in [-0.2, 0) is 13.2 Å². The summed E-state index contributed by atoms with van der Waals surface area (Å²) in [6.45, 7) is 1.16. The van der Waals surface area contributed by atoms with Gasteiger partial charge in [0.1, 0.15) is 5.69 Å². The van der Waals surface area contributed by atoms with E-state index in [0.29, 0.717) is 30.0 Å². The zero-order valence-corrected chi connectivity index (χ0v) is 16.4. The van der Waals surface area contributed by atoms with Crippen LogP contribution >= 0.6 is 0 Å². The molecule has 1 aromatic carbocycles. The van der Waals surface area contributed by atoms with Crippen LogP contribution in [0.5, 0.6) is 0 Å². The molecule has 1 aliphatic heterocycles. The van der Waals surface area contributed by atoms with Gasteiger partial charge in [-0.1, -0.05) is 18.2 Å². The fraction of sp³-hybridized carbons (Fsp3) is 0.318. The summed E-state index contributed by atoms with van der Waals surface area (Å²) in [4.78, 5) is 19.1. The summed E-state index contributed by atoms with van der Waals surface area (Å²) in [5.74, 6) is -0.0912. The van der Waals surface area contributed by atoms with Gasteiger partial charge in [-0.05, 0) is 43.2 Å². The third kappa shape index (κ3) is 4.22. The number of alkyl halides is 3. The second-order valence-corrected chi connectivity index (χ2v) is 7.49. The number of likely N-dealkylation sites (tertiary alicyclic amines) is 1. The number of aromatic nitrogens is 3. The number of carbonyl (C=O) groups excluding carboxylic acids is 1. The monoisotopic (exact) mass is 414 g/mol. The Hall–Kier alpha value is -3.16. The van der Waals surface area contributed by atoms with Gasteiger partial charge >= 0.3 is 6.18 Å². The standard InChI is InChI=1S/C22H21F3N4O/c1-28-12-10-20(27-28)21(30)29-11-4-6-16(14-29)19-9-3-8-18(26-19)15-5-2-7-17(13-15)22(23,24)25/h2-3,5,7-10,12-13,16H,4,6,11,14H2,1H3. The van der Waals surface area contributed by atoms with Gasteiger partial charge in [0.05, 0.1) is 11.3 Å². The molecular formula is C22H21F3N4O. The van der Waals surface area contributed by atoms with Gasteiger partial charge in [0.25, 0.3) is 5.91 Å². The lowest BCUT2D eigenvalue weighted by Crippen LogP contribution is -2.39. The number of piperidine rings is 1. The number of pyridine rings is 1. The van der Waals surface area contributed by atoms with E-state index in [9.17, 15) is 18.0 Å². The van der Waals surface area contributed by atoms with Crippen LogP contribution < -0.4 is 0 Å². The normalized spacial score (nSPS) is 17.2.